The van der Waals surface area contributed by atoms with Gasteiger partial charge in [-0.2, -0.15) is 0 Å². The van der Waals surface area contributed by atoms with Crippen LogP contribution in [-0.4, -0.2) is 57.6 Å². The lowest BCUT2D eigenvalue weighted by atomic mass is 10.1. The third-order valence-corrected chi connectivity index (χ3v) is 6.61. The first kappa shape index (κ1) is 27.5. The number of halogens is 1. The van der Waals surface area contributed by atoms with Crippen LogP contribution in [0.3, 0.4) is 0 Å². The molecular weight excluding hydrogens is 478 g/mol. The van der Waals surface area contributed by atoms with Crippen LogP contribution in [0.25, 0.3) is 0 Å². The Balaban J connectivity index is 2.37. The molecule has 10 heteroatoms. The van der Waals surface area contributed by atoms with Crippen molar-refractivity contribution in [1.82, 2.24) is 10.2 Å². The molecule has 2 rings (SSSR count). The maximum atomic E-state index is 13.5. The van der Waals surface area contributed by atoms with Gasteiger partial charge in [-0.3, -0.25) is 13.9 Å². The largest absolute Gasteiger partial charge is 0.497 e. The Hall–Kier alpha value is -2.78. The van der Waals surface area contributed by atoms with E-state index in [4.69, 9.17) is 16.3 Å². The second-order valence-corrected chi connectivity index (χ2v) is 10.7. The lowest BCUT2D eigenvalue weighted by Gasteiger charge is -2.31. The van der Waals surface area contributed by atoms with Gasteiger partial charge in [-0.05, 0) is 42.7 Å². The molecule has 1 atom stereocenters. The van der Waals surface area contributed by atoms with E-state index >= 15 is 0 Å². The Kier molecular flexibility index (Phi) is 9.76. The topological polar surface area (TPSA) is 96.0 Å². The van der Waals surface area contributed by atoms with Gasteiger partial charge in [0.25, 0.3) is 0 Å². The van der Waals surface area contributed by atoms with Crippen molar-refractivity contribution in [1.29, 1.82) is 0 Å². The van der Waals surface area contributed by atoms with Crippen molar-refractivity contribution in [3.63, 3.8) is 0 Å². The number of methoxy groups -OCH3 is 1. The number of nitrogens with one attached hydrogen (secondary N) is 1. The first-order valence-electron chi connectivity index (χ1n) is 10.9. The van der Waals surface area contributed by atoms with Gasteiger partial charge >= 0.3 is 0 Å². The quantitative estimate of drug-likeness (QED) is 0.501. The van der Waals surface area contributed by atoms with E-state index in [9.17, 15) is 18.0 Å². The normalized spacial score (nSPS) is 12.2. The van der Waals surface area contributed by atoms with E-state index in [1.165, 1.54) is 11.0 Å². The molecular formula is C24H32ClN3O5S. The lowest BCUT2D eigenvalue weighted by Crippen LogP contribution is -2.51. The molecule has 0 spiro atoms. The Morgan fingerprint density at radius 1 is 1.06 bits per heavy atom. The fraction of sp³-hybridized carbons (Fsp3) is 0.417. The fourth-order valence-corrected chi connectivity index (χ4v) is 4.36. The Labute approximate surface area is 206 Å². The highest BCUT2D eigenvalue weighted by molar-refractivity contribution is 7.92. The van der Waals surface area contributed by atoms with Crippen molar-refractivity contribution in [2.45, 2.75) is 33.4 Å². The minimum atomic E-state index is -3.83. The number of para-hydroxylation sites is 1. The van der Waals surface area contributed by atoms with E-state index in [1.54, 1.807) is 56.5 Å². The van der Waals surface area contributed by atoms with Crippen LogP contribution in [0.5, 0.6) is 5.75 Å². The van der Waals surface area contributed by atoms with Gasteiger partial charge in [0.15, 0.2) is 0 Å². The molecule has 0 fully saturated rings. The van der Waals surface area contributed by atoms with Crippen molar-refractivity contribution in [2.24, 2.45) is 5.92 Å². The summed E-state index contributed by atoms with van der Waals surface area (Å²) in [5, 5.41) is 3.04. The van der Waals surface area contributed by atoms with Crippen LogP contribution in [0.1, 0.15) is 26.3 Å². The standard InChI is InChI=1S/C24H32ClN3O5S/c1-17(2)14-26-24(30)18(3)27(15-19-10-12-20(33-4)13-11-19)23(29)16-28(34(5,31)32)22-9-7-6-8-21(22)25/h6-13,17-18H,14-16H2,1-5H3,(H,26,30)/t18-/m0/s1. The number of anilines is 1. The molecule has 0 aliphatic heterocycles. The molecule has 0 saturated carbocycles. The van der Waals surface area contributed by atoms with E-state index in [0.717, 1.165) is 16.1 Å². The number of amides is 2. The van der Waals surface area contributed by atoms with Gasteiger partial charge in [0.2, 0.25) is 21.8 Å². The van der Waals surface area contributed by atoms with Crippen LogP contribution < -0.4 is 14.4 Å². The van der Waals surface area contributed by atoms with Crippen molar-refractivity contribution in [3.8, 4) is 5.75 Å². The summed E-state index contributed by atoms with van der Waals surface area (Å²) in [6, 6.07) is 12.7. The number of nitrogens with zero attached hydrogens (tertiary/aromatic N) is 2. The third kappa shape index (κ3) is 7.63. The zero-order valence-electron chi connectivity index (χ0n) is 20.1. The zero-order chi connectivity index (χ0) is 25.5. The van der Waals surface area contributed by atoms with Crippen LogP contribution in [0, 0.1) is 5.92 Å². The van der Waals surface area contributed by atoms with Gasteiger partial charge < -0.3 is 15.0 Å². The molecule has 186 valence electrons. The molecule has 34 heavy (non-hydrogen) atoms. The predicted octanol–water partition coefficient (Wildman–Crippen LogP) is 3.30. The first-order valence-corrected chi connectivity index (χ1v) is 13.1. The monoisotopic (exact) mass is 509 g/mol. The minimum absolute atomic E-state index is 0.110. The van der Waals surface area contributed by atoms with E-state index in [0.29, 0.717) is 12.3 Å². The van der Waals surface area contributed by atoms with Gasteiger partial charge in [0.05, 0.1) is 24.1 Å². The fourth-order valence-electron chi connectivity index (χ4n) is 3.21. The van der Waals surface area contributed by atoms with Crippen molar-refractivity contribution in [3.05, 3.63) is 59.1 Å². The predicted molar refractivity (Wildman–Crippen MR) is 134 cm³/mol. The summed E-state index contributed by atoms with van der Waals surface area (Å²) >= 11 is 6.22. The summed E-state index contributed by atoms with van der Waals surface area (Å²) < 4.78 is 31.2. The van der Waals surface area contributed by atoms with Crippen LogP contribution in [0.4, 0.5) is 5.69 Å². The number of rotatable bonds is 11. The van der Waals surface area contributed by atoms with Gasteiger partial charge in [-0.15, -0.1) is 0 Å². The second-order valence-electron chi connectivity index (χ2n) is 8.41. The molecule has 0 unspecified atom stereocenters. The molecule has 2 aromatic rings. The van der Waals surface area contributed by atoms with E-state index in [-0.39, 0.29) is 29.1 Å². The van der Waals surface area contributed by atoms with Gasteiger partial charge in [-0.25, -0.2) is 8.42 Å². The summed E-state index contributed by atoms with van der Waals surface area (Å²) in [6.07, 6.45) is 1.01. The third-order valence-electron chi connectivity index (χ3n) is 5.16. The number of hydrogen-bond acceptors (Lipinski definition) is 5. The molecule has 2 amide bonds. The summed E-state index contributed by atoms with van der Waals surface area (Å²) in [5.41, 5.74) is 0.961. The molecule has 0 aromatic heterocycles. The number of carbonyl (C=O) groups excluding carboxylic acids is 2. The SMILES string of the molecule is COc1ccc(CN(C(=O)CN(c2ccccc2Cl)S(C)(=O)=O)[C@@H](C)C(=O)NCC(C)C)cc1. The Morgan fingerprint density at radius 2 is 1.68 bits per heavy atom. The lowest BCUT2D eigenvalue weighted by molar-refractivity contribution is -0.139. The second kappa shape index (κ2) is 12.1. The van der Waals surface area contributed by atoms with Gasteiger partial charge in [0, 0.05) is 13.1 Å². The van der Waals surface area contributed by atoms with Crippen LogP contribution in [0.2, 0.25) is 5.02 Å². The Bertz CT molecular complexity index is 1090. The molecule has 8 nitrogen and oxygen atoms in total. The molecule has 0 saturated heterocycles. The minimum Gasteiger partial charge on any atom is -0.497 e. The highest BCUT2D eigenvalue weighted by Crippen LogP contribution is 2.27. The molecule has 0 radical (unpaired) electrons. The highest BCUT2D eigenvalue weighted by Gasteiger charge is 2.30. The molecule has 2 aromatic carbocycles. The smallest absolute Gasteiger partial charge is 0.244 e. The maximum absolute atomic E-state index is 13.5. The number of carbonyl (C=O) groups is 2. The number of sulfonamides is 1. The number of hydrogen-bond donors (Lipinski definition) is 1. The molecule has 0 bridgehead atoms. The van der Waals surface area contributed by atoms with Crippen LogP contribution in [0.15, 0.2) is 48.5 Å². The number of benzene rings is 2. The molecule has 0 aliphatic rings. The van der Waals surface area contributed by atoms with Gasteiger partial charge in [0.1, 0.15) is 18.3 Å². The maximum Gasteiger partial charge on any atom is 0.244 e. The van der Waals surface area contributed by atoms with E-state index in [1.807, 2.05) is 13.8 Å². The van der Waals surface area contributed by atoms with E-state index < -0.39 is 28.5 Å². The van der Waals surface area contributed by atoms with Crippen molar-refractivity contribution >= 4 is 39.1 Å². The molecule has 0 heterocycles. The Morgan fingerprint density at radius 3 is 2.21 bits per heavy atom. The van der Waals surface area contributed by atoms with Gasteiger partial charge in [-0.1, -0.05) is 49.7 Å². The summed E-state index contributed by atoms with van der Waals surface area (Å²) in [4.78, 5) is 27.6. The van der Waals surface area contributed by atoms with E-state index in [2.05, 4.69) is 5.32 Å². The van der Waals surface area contributed by atoms with Crippen molar-refractivity contribution in [2.75, 3.05) is 30.8 Å². The first-order chi connectivity index (χ1) is 15.9. The molecule has 1 N–H and O–H groups in total. The summed E-state index contributed by atoms with van der Waals surface area (Å²) in [5.74, 6) is 0.0433. The average molecular weight is 510 g/mol. The number of ether oxygens (including phenoxy) is 1. The van der Waals surface area contributed by atoms with Crippen LogP contribution in [-0.2, 0) is 26.2 Å². The average Bonchev–Trinajstić information content (AvgIpc) is 2.79. The highest BCUT2D eigenvalue weighted by atomic mass is 35.5. The summed E-state index contributed by atoms with van der Waals surface area (Å²) in [7, 11) is -2.28. The van der Waals surface area contributed by atoms with Crippen LogP contribution >= 0.6 is 11.6 Å². The summed E-state index contributed by atoms with van der Waals surface area (Å²) in [6.45, 7) is 5.64. The zero-order valence-corrected chi connectivity index (χ0v) is 21.7. The molecule has 0 aliphatic carbocycles. The van der Waals surface area contributed by atoms with Crippen molar-refractivity contribution < 1.29 is 22.7 Å².